The average molecular weight is 247 g/mol. The van der Waals surface area contributed by atoms with Crippen molar-refractivity contribution >= 4 is 17.2 Å². The van der Waals surface area contributed by atoms with Gasteiger partial charge in [-0.2, -0.15) is 5.10 Å². The Morgan fingerprint density at radius 3 is 3.00 bits per heavy atom. The molecule has 6 nitrogen and oxygen atoms in total. The number of carbonyl (C=O) groups is 1. The van der Waals surface area contributed by atoms with Gasteiger partial charge in [0.25, 0.3) is 0 Å². The van der Waals surface area contributed by atoms with Gasteiger partial charge in [-0.15, -0.1) is 0 Å². The number of fused-ring (bicyclic) bond motifs is 1. The maximum absolute atomic E-state index is 11.4. The molecule has 1 amide bonds. The molecule has 0 aliphatic rings. The van der Waals surface area contributed by atoms with Gasteiger partial charge < -0.3 is 10.2 Å². The van der Waals surface area contributed by atoms with Crippen molar-refractivity contribution in [3.8, 4) is 0 Å². The highest BCUT2D eigenvalue weighted by molar-refractivity contribution is 5.76. The van der Waals surface area contributed by atoms with Gasteiger partial charge in [-0.25, -0.2) is 9.50 Å². The zero-order valence-corrected chi connectivity index (χ0v) is 10.8. The van der Waals surface area contributed by atoms with Crippen molar-refractivity contribution in [1.82, 2.24) is 19.5 Å². The van der Waals surface area contributed by atoms with Gasteiger partial charge in [-0.05, 0) is 13.0 Å². The largest absolute Gasteiger partial charge is 0.368 e. The third-order valence-corrected chi connectivity index (χ3v) is 2.64. The standard InChI is InChI=1S/C12H17N5O/c1-9-8-10-12(14-6-7-17(10)15-9)13-5-4-11(18)16(2)3/h6-8H,4-5H2,1-3H3,(H,13,14). The lowest BCUT2D eigenvalue weighted by Crippen LogP contribution is -2.24. The minimum Gasteiger partial charge on any atom is -0.368 e. The minimum absolute atomic E-state index is 0.0964. The summed E-state index contributed by atoms with van der Waals surface area (Å²) in [5, 5.41) is 7.47. The van der Waals surface area contributed by atoms with Gasteiger partial charge in [0, 0.05) is 39.5 Å². The molecule has 0 radical (unpaired) electrons. The molecule has 2 rings (SSSR count). The zero-order chi connectivity index (χ0) is 13.1. The van der Waals surface area contributed by atoms with Crippen molar-refractivity contribution < 1.29 is 4.79 Å². The fraction of sp³-hybridized carbons (Fsp3) is 0.417. The number of hydrogen-bond acceptors (Lipinski definition) is 4. The van der Waals surface area contributed by atoms with Crippen molar-refractivity contribution in [2.24, 2.45) is 0 Å². The number of nitrogens with one attached hydrogen (secondary N) is 1. The van der Waals surface area contributed by atoms with Crippen LogP contribution in [0.3, 0.4) is 0 Å². The average Bonchev–Trinajstić information content (AvgIpc) is 2.70. The van der Waals surface area contributed by atoms with Gasteiger partial charge in [0.05, 0.1) is 5.69 Å². The smallest absolute Gasteiger partial charge is 0.223 e. The predicted octanol–water partition coefficient (Wildman–Crippen LogP) is 0.928. The number of hydrogen-bond donors (Lipinski definition) is 1. The molecule has 0 aliphatic heterocycles. The van der Waals surface area contributed by atoms with Gasteiger partial charge in [-0.3, -0.25) is 4.79 Å². The van der Waals surface area contributed by atoms with Crippen LogP contribution in [0.15, 0.2) is 18.5 Å². The fourth-order valence-electron chi connectivity index (χ4n) is 1.69. The maximum Gasteiger partial charge on any atom is 0.223 e. The lowest BCUT2D eigenvalue weighted by molar-refractivity contribution is -0.128. The Hall–Kier alpha value is -2.11. The maximum atomic E-state index is 11.4. The predicted molar refractivity (Wildman–Crippen MR) is 69.5 cm³/mol. The van der Waals surface area contributed by atoms with Crippen LogP contribution in [0.1, 0.15) is 12.1 Å². The molecule has 0 bridgehead atoms. The Bertz CT molecular complexity index is 561. The van der Waals surface area contributed by atoms with Crippen molar-refractivity contribution in [3.05, 3.63) is 24.2 Å². The van der Waals surface area contributed by atoms with E-state index in [1.807, 2.05) is 13.0 Å². The monoisotopic (exact) mass is 247 g/mol. The molecule has 2 heterocycles. The number of nitrogens with zero attached hydrogens (tertiary/aromatic N) is 4. The molecule has 0 saturated carbocycles. The molecule has 2 aromatic heterocycles. The molecule has 0 aromatic carbocycles. The third kappa shape index (κ3) is 2.58. The quantitative estimate of drug-likeness (QED) is 0.873. The fourth-order valence-corrected chi connectivity index (χ4v) is 1.69. The van der Waals surface area contributed by atoms with E-state index in [1.54, 1.807) is 35.9 Å². The van der Waals surface area contributed by atoms with Crippen LogP contribution < -0.4 is 5.32 Å². The van der Waals surface area contributed by atoms with E-state index in [1.165, 1.54) is 0 Å². The number of aromatic nitrogens is 3. The highest BCUT2D eigenvalue weighted by atomic mass is 16.2. The molecule has 0 unspecified atom stereocenters. The molecule has 1 N–H and O–H groups in total. The first-order valence-electron chi connectivity index (χ1n) is 5.83. The Morgan fingerprint density at radius 2 is 2.28 bits per heavy atom. The first-order chi connectivity index (χ1) is 8.58. The van der Waals surface area contributed by atoms with Crippen LogP contribution in [-0.2, 0) is 4.79 Å². The van der Waals surface area contributed by atoms with E-state index >= 15 is 0 Å². The summed E-state index contributed by atoms with van der Waals surface area (Å²) in [6, 6.07) is 1.96. The Morgan fingerprint density at radius 1 is 1.50 bits per heavy atom. The molecule has 96 valence electrons. The van der Waals surface area contributed by atoms with Crippen LogP contribution in [0, 0.1) is 6.92 Å². The van der Waals surface area contributed by atoms with Crippen LogP contribution in [0.4, 0.5) is 5.82 Å². The summed E-state index contributed by atoms with van der Waals surface area (Å²) >= 11 is 0. The van der Waals surface area contributed by atoms with E-state index in [-0.39, 0.29) is 5.91 Å². The molecule has 0 aliphatic carbocycles. The third-order valence-electron chi connectivity index (χ3n) is 2.64. The van der Waals surface area contributed by atoms with Crippen LogP contribution >= 0.6 is 0 Å². The van der Waals surface area contributed by atoms with Crippen LogP contribution in [0.5, 0.6) is 0 Å². The molecule has 0 fully saturated rings. The lowest BCUT2D eigenvalue weighted by atomic mass is 10.3. The minimum atomic E-state index is 0.0964. The van der Waals surface area contributed by atoms with Crippen molar-refractivity contribution in [3.63, 3.8) is 0 Å². The summed E-state index contributed by atoms with van der Waals surface area (Å²) in [5.74, 6) is 0.851. The van der Waals surface area contributed by atoms with Crippen LogP contribution in [-0.4, -0.2) is 46.0 Å². The highest BCUT2D eigenvalue weighted by Gasteiger charge is 2.07. The second-order valence-electron chi connectivity index (χ2n) is 4.36. The van der Waals surface area contributed by atoms with Crippen molar-refractivity contribution in [2.45, 2.75) is 13.3 Å². The molecule has 0 spiro atoms. The SMILES string of the molecule is Cc1cc2c(NCCC(=O)N(C)C)nccn2n1. The van der Waals surface area contributed by atoms with E-state index in [9.17, 15) is 4.79 Å². The van der Waals surface area contributed by atoms with Gasteiger partial charge in [0.1, 0.15) is 5.52 Å². The van der Waals surface area contributed by atoms with Crippen LogP contribution in [0.25, 0.3) is 5.52 Å². The van der Waals surface area contributed by atoms with E-state index in [0.717, 1.165) is 17.0 Å². The van der Waals surface area contributed by atoms with Crippen molar-refractivity contribution in [2.75, 3.05) is 26.0 Å². The normalized spacial score (nSPS) is 10.6. The first kappa shape index (κ1) is 12.3. The number of amides is 1. The second-order valence-corrected chi connectivity index (χ2v) is 4.36. The Labute approximate surface area is 106 Å². The molecular formula is C12H17N5O. The summed E-state index contributed by atoms with van der Waals surface area (Å²) < 4.78 is 1.78. The second kappa shape index (κ2) is 5.03. The highest BCUT2D eigenvalue weighted by Crippen LogP contribution is 2.14. The van der Waals surface area contributed by atoms with Crippen LogP contribution in [0.2, 0.25) is 0 Å². The van der Waals surface area contributed by atoms with Gasteiger partial charge >= 0.3 is 0 Å². The van der Waals surface area contributed by atoms with Crippen molar-refractivity contribution in [1.29, 1.82) is 0 Å². The van der Waals surface area contributed by atoms with Gasteiger partial charge in [0.15, 0.2) is 5.82 Å². The van der Waals surface area contributed by atoms with Gasteiger partial charge in [-0.1, -0.05) is 0 Å². The molecular weight excluding hydrogens is 230 g/mol. The zero-order valence-electron chi connectivity index (χ0n) is 10.8. The summed E-state index contributed by atoms with van der Waals surface area (Å²) in [6.45, 7) is 2.50. The molecule has 6 heteroatoms. The molecule has 2 aromatic rings. The first-order valence-corrected chi connectivity index (χ1v) is 5.83. The molecule has 0 atom stereocenters. The lowest BCUT2D eigenvalue weighted by Gasteiger charge is -2.11. The van der Waals surface area contributed by atoms with E-state index in [0.29, 0.717) is 13.0 Å². The van der Waals surface area contributed by atoms with E-state index in [4.69, 9.17) is 0 Å². The Kier molecular flexibility index (Phi) is 3.45. The summed E-state index contributed by atoms with van der Waals surface area (Å²) in [5.41, 5.74) is 1.86. The number of aryl methyl sites for hydroxylation is 1. The summed E-state index contributed by atoms with van der Waals surface area (Å²) in [6.07, 6.45) is 3.94. The van der Waals surface area contributed by atoms with E-state index < -0.39 is 0 Å². The molecule has 18 heavy (non-hydrogen) atoms. The Balaban J connectivity index is 2.05. The number of carbonyl (C=O) groups excluding carboxylic acids is 1. The number of rotatable bonds is 4. The summed E-state index contributed by atoms with van der Waals surface area (Å²) in [7, 11) is 3.50. The summed E-state index contributed by atoms with van der Waals surface area (Å²) in [4.78, 5) is 17.3. The topological polar surface area (TPSA) is 62.5 Å². The van der Waals surface area contributed by atoms with E-state index in [2.05, 4.69) is 15.4 Å². The number of anilines is 1. The van der Waals surface area contributed by atoms with Gasteiger partial charge in [0.2, 0.25) is 5.91 Å². The molecule has 0 saturated heterocycles.